The molecule has 238 valence electrons. The van der Waals surface area contributed by atoms with E-state index in [0.717, 1.165) is 82.7 Å². The fraction of sp³-hybridized carbons (Fsp3) is 0. The third-order valence-electron chi connectivity index (χ3n) is 9.86. The number of benzene rings is 7. The van der Waals surface area contributed by atoms with E-state index in [-0.39, 0.29) is 0 Å². The van der Waals surface area contributed by atoms with Crippen LogP contribution in [0.4, 0.5) is 0 Å². The molecule has 51 heavy (non-hydrogen) atoms. The molecule has 0 radical (unpaired) electrons. The molecular formula is C45H26N4O2. The van der Waals surface area contributed by atoms with Gasteiger partial charge >= 0.3 is 0 Å². The summed E-state index contributed by atoms with van der Waals surface area (Å²) in [7, 11) is 0. The highest BCUT2D eigenvalue weighted by Crippen LogP contribution is 2.41. The van der Waals surface area contributed by atoms with E-state index in [1.807, 2.05) is 66.7 Å². The van der Waals surface area contributed by atoms with Crippen LogP contribution < -0.4 is 0 Å². The van der Waals surface area contributed by atoms with Gasteiger partial charge in [-0.25, -0.2) is 15.0 Å². The molecule has 6 nitrogen and oxygen atoms in total. The Kier molecular flexibility index (Phi) is 5.86. The lowest BCUT2D eigenvalue weighted by atomic mass is 10.0. The lowest BCUT2D eigenvalue weighted by Crippen LogP contribution is -2.00. The van der Waals surface area contributed by atoms with Gasteiger partial charge in [0.2, 0.25) is 0 Å². The van der Waals surface area contributed by atoms with E-state index in [0.29, 0.717) is 17.5 Å². The van der Waals surface area contributed by atoms with Crippen LogP contribution in [-0.2, 0) is 0 Å². The minimum absolute atomic E-state index is 0.564. The monoisotopic (exact) mass is 654 g/mol. The number of nitrogens with zero attached hydrogens (tertiary/aromatic N) is 4. The van der Waals surface area contributed by atoms with Crippen molar-refractivity contribution in [3.05, 3.63) is 158 Å². The molecule has 7 aromatic carbocycles. The molecule has 0 spiro atoms. The number of rotatable bonds is 4. The predicted octanol–water partition coefficient (Wildman–Crippen LogP) is 11.8. The fourth-order valence-electron chi connectivity index (χ4n) is 7.57. The minimum atomic E-state index is 0.564. The molecule has 0 atom stereocenters. The number of aromatic nitrogens is 4. The molecule has 0 aliphatic rings. The predicted molar refractivity (Wildman–Crippen MR) is 205 cm³/mol. The van der Waals surface area contributed by atoms with Crippen molar-refractivity contribution in [2.45, 2.75) is 0 Å². The zero-order valence-electron chi connectivity index (χ0n) is 27.1. The Bertz CT molecular complexity index is 3140. The van der Waals surface area contributed by atoms with Crippen molar-refractivity contribution in [1.82, 2.24) is 19.5 Å². The van der Waals surface area contributed by atoms with Crippen LogP contribution in [0.2, 0.25) is 0 Å². The maximum absolute atomic E-state index is 6.84. The summed E-state index contributed by atoms with van der Waals surface area (Å²) in [6, 6.07) is 53.8. The van der Waals surface area contributed by atoms with Crippen molar-refractivity contribution < 1.29 is 8.83 Å². The number of hydrogen-bond acceptors (Lipinski definition) is 5. The van der Waals surface area contributed by atoms with Crippen molar-refractivity contribution in [2.75, 3.05) is 0 Å². The van der Waals surface area contributed by atoms with E-state index in [4.69, 9.17) is 23.8 Å². The van der Waals surface area contributed by atoms with Crippen LogP contribution in [0.25, 0.3) is 106 Å². The summed E-state index contributed by atoms with van der Waals surface area (Å²) >= 11 is 0. The number of fused-ring (bicyclic) bond motifs is 10. The Morgan fingerprint density at radius 1 is 0.412 bits per heavy atom. The molecule has 11 aromatic rings. The largest absolute Gasteiger partial charge is 0.456 e. The molecule has 6 heteroatoms. The van der Waals surface area contributed by atoms with E-state index >= 15 is 0 Å². The van der Waals surface area contributed by atoms with E-state index in [1.54, 1.807) is 0 Å². The first-order valence-electron chi connectivity index (χ1n) is 16.9. The normalized spacial score (nSPS) is 11.9. The summed E-state index contributed by atoms with van der Waals surface area (Å²) in [4.78, 5) is 15.2. The highest BCUT2D eigenvalue weighted by atomic mass is 16.3. The van der Waals surface area contributed by atoms with Gasteiger partial charge in [0.15, 0.2) is 23.1 Å². The molecule has 0 amide bonds. The first-order valence-corrected chi connectivity index (χ1v) is 16.9. The number of furan rings is 2. The van der Waals surface area contributed by atoms with Gasteiger partial charge in [-0.2, -0.15) is 0 Å². The van der Waals surface area contributed by atoms with E-state index < -0.39 is 0 Å². The van der Waals surface area contributed by atoms with Gasteiger partial charge in [-0.05, 0) is 48.5 Å². The second-order valence-corrected chi connectivity index (χ2v) is 12.8. The van der Waals surface area contributed by atoms with Gasteiger partial charge in [0.05, 0.1) is 11.0 Å². The van der Waals surface area contributed by atoms with Crippen LogP contribution in [0.1, 0.15) is 0 Å². The topological polar surface area (TPSA) is 69.9 Å². The zero-order chi connectivity index (χ0) is 33.5. The van der Waals surface area contributed by atoms with Crippen LogP contribution in [-0.4, -0.2) is 19.5 Å². The second kappa shape index (κ2) is 10.7. The first-order chi connectivity index (χ1) is 25.3. The van der Waals surface area contributed by atoms with Crippen molar-refractivity contribution in [1.29, 1.82) is 0 Å². The van der Waals surface area contributed by atoms with Gasteiger partial charge in [-0.3, -0.25) is 0 Å². The molecule has 0 bridgehead atoms. The second-order valence-electron chi connectivity index (χ2n) is 12.8. The molecule has 0 unspecified atom stereocenters. The summed E-state index contributed by atoms with van der Waals surface area (Å²) in [5.74, 6) is 1.74. The Morgan fingerprint density at radius 3 is 1.94 bits per heavy atom. The van der Waals surface area contributed by atoms with Crippen molar-refractivity contribution >= 4 is 65.7 Å². The van der Waals surface area contributed by atoms with Crippen LogP contribution in [0.5, 0.6) is 0 Å². The summed E-state index contributed by atoms with van der Waals surface area (Å²) < 4.78 is 15.4. The molecule has 0 saturated carbocycles. The molecule has 0 saturated heterocycles. The lowest BCUT2D eigenvalue weighted by molar-refractivity contribution is 0.669. The molecule has 4 heterocycles. The van der Waals surface area contributed by atoms with Gasteiger partial charge < -0.3 is 13.4 Å². The average Bonchev–Trinajstić information content (AvgIpc) is 3.88. The zero-order valence-corrected chi connectivity index (χ0v) is 27.1. The highest BCUT2D eigenvalue weighted by Gasteiger charge is 2.21. The third-order valence-corrected chi connectivity index (χ3v) is 9.86. The van der Waals surface area contributed by atoms with Crippen LogP contribution in [0, 0.1) is 0 Å². The number of para-hydroxylation sites is 3. The maximum atomic E-state index is 6.84. The van der Waals surface area contributed by atoms with Gasteiger partial charge in [0, 0.05) is 54.7 Å². The number of hydrogen-bond donors (Lipinski definition) is 0. The highest BCUT2D eigenvalue weighted by molar-refractivity contribution is 6.21. The van der Waals surface area contributed by atoms with Crippen LogP contribution in [0.3, 0.4) is 0 Å². The van der Waals surface area contributed by atoms with E-state index in [1.165, 1.54) is 5.39 Å². The SMILES string of the molecule is c1ccc(-c2nc(-c3ccc4c(c3)oc3c4ccc4c5ccccc5n(-c5ccccc5)c43)nc(-c3cccc4oc5ccccc5c34)n2)cc1. The molecule has 0 aliphatic heterocycles. The maximum Gasteiger partial charge on any atom is 0.164 e. The Labute approximate surface area is 290 Å². The van der Waals surface area contributed by atoms with Gasteiger partial charge in [0.25, 0.3) is 0 Å². The lowest BCUT2D eigenvalue weighted by Gasteiger charge is -2.09. The van der Waals surface area contributed by atoms with Gasteiger partial charge in [-0.15, -0.1) is 0 Å². The Hall–Kier alpha value is -7.05. The quantitative estimate of drug-likeness (QED) is 0.189. The van der Waals surface area contributed by atoms with Crippen molar-refractivity contribution in [3.63, 3.8) is 0 Å². The Balaban J connectivity index is 1.15. The molecule has 4 aromatic heterocycles. The summed E-state index contributed by atoms with van der Waals surface area (Å²) in [6.45, 7) is 0. The molecule has 0 aliphatic carbocycles. The van der Waals surface area contributed by atoms with Gasteiger partial charge in [-0.1, -0.05) is 109 Å². The smallest absolute Gasteiger partial charge is 0.164 e. The third kappa shape index (κ3) is 4.20. The van der Waals surface area contributed by atoms with E-state index in [9.17, 15) is 0 Å². The first kappa shape index (κ1) is 27.9. The van der Waals surface area contributed by atoms with E-state index in [2.05, 4.69) is 95.6 Å². The Morgan fingerprint density at radius 2 is 1.08 bits per heavy atom. The van der Waals surface area contributed by atoms with Crippen LogP contribution in [0.15, 0.2) is 167 Å². The van der Waals surface area contributed by atoms with Crippen molar-refractivity contribution in [3.8, 4) is 39.9 Å². The minimum Gasteiger partial charge on any atom is -0.456 e. The fourth-order valence-corrected chi connectivity index (χ4v) is 7.57. The summed E-state index contributed by atoms with van der Waals surface area (Å²) in [5.41, 5.74) is 9.15. The average molecular weight is 655 g/mol. The molecular weight excluding hydrogens is 629 g/mol. The summed E-state index contributed by atoms with van der Waals surface area (Å²) in [6.07, 6.45) is 0. The molecule has 11 rings (SSSR count). The van der Waals surface area contributed by atoms with Crippen molar-refractivity contribution in [2.24, 2.45) is 0 Å². The summed E-state index contributed by atoms with van der Waals surface area (Å²) in [5, 5.41) is 6.43. The van der Waals surface area contributed by atoms with Gasteiger partial charge in [0.1, 0.15) is 16.7 Å². The van der Waals surface area contributed by atoms with Crippen LogP contribution >= 0.6 is 0 Å². The standard InChI is InChI=1S/C45H26N4O2/c1-3-12-27(13-4-1)43-46-44(48-45(47-43)35-18-11-21-38-40(35)34-17-8-10-20-37(34)50-38)28-22-23-31-33-25-24-32-30-16-7-9-19-36(30)49(29-14-5-2-6-15-29)41(32)42(33)51-39(31)26-28/h1-26H. The molecule has 0 fully saturated rings. The molecule has 0 N–H and O–H groups in total.